The number of amides is 1. The predicted molar refractivity (Wildman–Crippen MR) is 94.4 cm³/mol. The van der Waals surface area contributed by atoms with Crippen molar-refractivity contribution in [2.45, 2.75) is 31.7 Å². The van der Waals surface area contributed by atoms with E-state index in [2.05, 4.69) is 0 Å². The van der Waals surface area contributed by atoms with Crippen LogP contribution in [0, 0.1) is 5.82 Å². The molecule has 8 heteroatoms. The van der Waals surface area contributed by atoms with Crippen LogP contribution in [0.1, 0.15) is 29.7 Å². The average Bonchev–Trinajstić information content (AvgIpc) is 3.04. The van der Waals surface area contributed by atoms with E-state index in [4.69, 9.17) is 9.84 Å². The molecule has 0 saturated carbocycles. The van der Waals surface area contributed by atoms with Crippen LogP contribution in [0.15, 0.2) is 48.5 Å². The minimum Gasteiger partial charge on any atom is -0.479 e. The lowest BCUT2D eigenvalue weighted by atomic mass is 9.97. The monoisotopic (exact) mass is 387 g/mol. The molecule has 0 aliphatic carbocycles. The number of carbonyl (C=O) groups is 3. The van der Waals surface area contributed by atoms with Crippen LogP contribution in [0.25, 0.3) is 0 Å². The van der Waals surface area contributed by atoms with Crippen molar-refractivity contribution >= 4 is 17.8 Å². The number of fused-ring (bicyclic) bond motifs is 1. The molecule has 1 aliphatic heterocycles. The van der Waals surface area contributed by atoms with Gasteiger partial charge in [0.2, 0.25) is 6.10 Å². The lowest BCUT2D eigenvalue weighted by Gasteiger charge is -2.30. The van der Waals surface area contributed by atoms with Gasteiger partial charge in [0.05, 0.1) is 6.04 Å². The molecule has 0 aromatic heterocycles. The van der Waals surface area contributed by atoms with Crippen molar-refractivity contribution in [1.82, 2.24) is 4.90 Å². The Bertz CT molecular complexity index is 930. The van der Waals surface area contributed by atoms with E-state index in [-0.39, 0.29) is 6.54 Å². The van der Waals surface area contributed by atoms with E-state index in [0.717, 1.165) is 18.1 Å². The van der Waals surface area contributed by atoms with E-state index in [1.165, 1.54) is 23.1 Å². The normalized spacial score (nSPS) is 17.5. The maximum absolute atomic E-state index is 13.8. The van der Waals surface area contributed by atoms with Crippen LogP contribution in [-0.4, -0.2) is 45.2 Å². The second kappa shape index (κ2) is 7.77. The summed E-state index contributed by atoms with van der Waals surface area (Å²) in [7, 11) is 0. The molecule has 0 radical (unpaired) electrons. The standard InChI is InChI=1S/C20H18FNO6/c1-11(23)28-18(17(24)20(26)27)19(25)22-10-13-5-2-3-8-15(13)16(22)12-6-4-7-14(21)9-12/h2-9,16-18,24H,10H2,1H3,(H,26,27)/t16?,17-,18-/m1/s1. The van der Waals surface area contributed by atoms with Gasteiger partial charge in [-0.05, 0) is 28.8 Å². The summed E-state index contributed by atoms with van der Waals surface area (Å²) in [6.07, 6.45) is -4.14. The first-order valence-electron chi connectivity index (χ1n) is 8.51. The summed E-state index contributed by atoms with van der Waals surface area (Å²) in [4.78, 5) is 36.9. The number of benzene rings is 2. The molecular formula is C20H18FNO6. The molecule has 0 saturated heterocycles. The van der Waals surface area contributed by atoms with Crippen LogP contribution in [0.4, 0.5) is 4.39 Å². The molecule has 0 bridgehead atoms. The van der Waals surface area contributed by atoms with E-state index < -0.39 is 41.9 Å². The molecule has 2 aromatic rings. The Labute approximate surface area is 160 Å². The number of carboxylic acid groups (broad SMARTS) is 1. The van der Waals surface area contributed by atoms with Crippen LogP contribution in [-0.2, 0) is 25.7 Å². The lowest BCUT2D eigenvalue weighted by Crippen LogP contribution is -2.49. The highest BCUT2D eigenvalue weighted by Gasteiger charge is 2.43. The number of halogens is 1. The molecule has 2 N–H and O–H groups in total. The lowest BCUT2D eigenvalue weighted by molar-refractivity contribution is -0.174. The summed E-state index contributed by atoms with van der Waals surface area (Å²) in [6.45, 7) is 1.11. The molecule has 146 valence electrons. The number of nitrogens with zero attached hydrogens (tertiary/aromatic N) is 1. The van der Waals surface area contributed by atoms with Crippen molar-refractivity contribution in [1.29, 1.82) is 0 Å². The second-order valence-electron chi connectivity index (χ2n) is 6.44. The van der Waals surface area contributed by atoms with Crippen molar-refractivity contribution in [3.8, 4) is 0 Å². The van der Waals surface area contributed by atoms with Gasteiger partial charge in [0.15, 0.2) is 6.10 Å². The molecule has 7 nitrogen and oxygen atoms in total. The van der Waals surface area contributed by atoms with Gasteiger partial charge in [-0.1, -0.05) is 36.4 Å². The number of rotatable bonds is 5. The number of aliphatic hydroxyl groups excluding tert-OH is 1. The van der Waals surface area contributed by atoms with Gasteiger partial charge in [0, 0.05) is 13.5 Å². The third kappa shape index (κ3) is 3.72. The van der Waals surface area contributed by atoms with E-state index >= 15 is 0 Å². The Balaban J connectivity index is 2.04. The van der Waals surface area contributed by atoms with Crippen LogP contribution in [0.3, 0.4) is 0 Å². The first-order valence-corrected chi connectivity index (χ1v) is 8.51. The van der Waals surface area contributed by atoms with Crippen molar-refractivity contribution in [2.24, 2.45) is 0 Å². The Kier molecular flexibility index (Phi) is 5.41. The first-order chi connectivity index (χ1) is 13.3. The van der Waals surface area contributed by atoms with Crippen LogP contribution < -0.4 is 0 Å². The fraction of sp³-hybridized carbons (Fsp3) is 0.250. The summed E-state index contributed by atoms with van der Waals surface area (Å²) in [5, 5.41) is 19.0. The third-order valence-electron chi connectivity index (χ3n) is 4.53. The molecule has 1 amide bonds. The SMILES string of the molecule is CC(=O)O[C@@H](C(=O)N1Cc2ccccc2C1c1cccc(F)c1)[C@@H](O)C(=O)O. The summed E-state index contributed by atoms with van der Waals surface area (Å²) in [5.74, 6) is -3.97. The fourth-order valence-corrected chi connectivity index (χ4v) is 3.35. The van der Waals surface area contributed by atoms with Gasteiger partial charge in [-0.3, -0.25) is 9.59 Å². The molecule has 2 aromatic carbocycles. The molecule has 28 heavy (non-hydrogen) atoms. The number of ether oxygens (including phenoxy) is 1. The molecule has 1 aliphatic rings. The van der Waals surface area contributed by atoms with Crippen LogP contribution in [0.5, 0.6) is 0 Å². The highest BCUT2D eigenvalue weighted by Crippen LogP contribution is 2.39. The summed E-state index contributed by atoms with van der Waals surface area (Å²) >= 11 is 0. The molecule has 3 atom stereocenters. The molecule has 0 fully saturated rings. The maximum Gasteiger partial charge on any atom is 0.337 e. The summed E-state index contributed by atoms with van der Waals surface area (Å²) in [6, 6.07) is 12.1. The maximum atomic E-state index is 13.8. The zero-order valence-corrected chi connectivity index (χ0v) is 14.9. The molecular weight excluding hydrogens is 369 g/mol. The number of carbonyl (C=O) groups excluding carboxylic acids is 2. The van der Waals surface area contributed by atoms with E-state index in [0.29, 0.717) is 5.56 Å². The van der Waals surface area contributed by atoms with Gasteiger partial charge in [-0.2, -0.15) is 0 Å². The zero-order chi connectivity index (χ0) is 20.4. The van der Waals surface area contributed by atoms with Crippen molar-refractivity contribution in [3.63, 3.8) is 0 Å². The minimum atomic E-state index is -2.23. The number of carboxylic acids is 1. The number of aliphatic carboxylic acids is 1. The number of hydrogen-bond acceptors (Lipinski definition) is 5. The largest absolute Gasteiger partial charge is 0.479 e. The topological polar surface area (TPSA) is 104 Å². The van der Waals surface area contributed by atoms with Crippen LogP contribution >= 0.6 is 0 Å². The molecule has 1 heterocycles. The van der Waals surface area contributed by atoms with Gasteiger partial charge in [-0.15, -0.1) is 0 Å². The van der Waals surface area contributed by atoms with Gasteiger partial charge >= 0.3 is 11.9 Å². The van der Waals surface area contributed by atoms with Crippen molar-refractivity contribution in [2.75, 3.05) is 0 Å². The van der Waals surface area contributed by atoms with Gasteiger partial charge < -0.3 is 19.8 Å². The Hall–Kier alpha value is -3.26. The third-order valence-corrected chi connectivity index (χ3v) is 4.53. The van der Waals surface area contributed by atoms with E-state index in [9.17, 15) is 23.9 Å². The Morgan fingerprint density at radius 2 is 1.89 bits per heavy atom. The number of aliphatic hydroxyl groups is 1. The van der Waals surface area contributed by atoms with Gasteiger partial charge in [0.25, 0.3) is 5.91 Å². The highest BCUT2D eigenvalue weighted by molar-refractivity contribution is 5.90. The van der Waals surface area contributed by atoms with E-state index in [1.54, 1.807) is 30.3 Å². The molecule has 0 spiro atoms. The average molecular weight is 387 g/mol. The molecule has 1 unspecified atom stereocenters. The summed E-state index contributed by atoms with van der Waals surface area (Å²) in [5.41, 5.74) is 2.01. The van der Waals surface area contributed by atoms with Crippen LogP contribution in [0.2, 0.25) is 0 Å². The first kappa shape index (κ1) is 19.5. The van der Waals surface area contributed by atoms with Crippen molar-refractivity contribution < 1.29 is 33.7 Å². The highest BCUT2D eigenvalue weighted by atomic mass is 19.1. The van der Waals surface area contributed by atoms with Crippen molar-refractivity contribution in [3.05, 3.63) is 71.0 Å². The predicted octanol–water partition coefficient (Wildman–Crippen LogP) is 1.63. The summed E-state index contributed by atoms with van der Waals surface area (Å²) < 4.78 is 18.6. The molecule has 3 rings (SSSR count). The fourth-order valence-electron chi connectivity index (χ4n) is 3.35. The number of esters is 1. The Morgan fingerprint density at radius 3 is 2.54 bits per heavy atom. The van der Waals surface area contributed by atoms with E-state index in [1.807, 2.05) is 0 Å². The van der Waals surface area contributed by atoms with Gasteiger partial charge in [0.1, 0.15) is 5.82 Å². The van der Waals surface area contributed by atoms with Gasteiger partial charge in [-0.25, -0.2) is 9.18 Å². The smallest absolute Gasteiger partial charge is 0.337 e. The Morgan fingerprint density at radius 1 is 1.18 bits per heavy atom. The second-order valence-corrected chi connectivity index (χ2v) is 6.44. The number of hydrogen-bond donors (Lipinski definition) is 2. The zero-order valence-electron chi connectivity index (χ0n) is 14.9. The quantitative estimate of drug-likeness (QED) is 0.756. The minimum absolute atomic E-state index is 0.0975.